The summed E-state index contributed by atoms with van der Waals surface area (Å²) in [5.41, 5.74) is 5.33. The maximum absolute atomic E-state index is 13.7. The molecule has 0 bridgehead atoms. The number of imidazole rings is 1. The summed E-state index contributed by atoms with van der Waals surface area (Å²) in [5, 5.41) is 8.23. The zero-order valence-electron chi connectivity index (χ0n) is 19.7. The van der Waals surface area contributed by atoms with Crippen molar-refractivity contribution in [3.63, 3.8) is 0 Å². The minimum absolute atomic E-state index is 0.266. The number of pyridine rings is 1. The number of likely N-dealkylation sites (tertiary alicyclic amines) is 1. The third kappa shape index (κ3) is 3.49. The highest BCUT2D eigenvalue weighted by Crippen LogP contribution is 2.37. The number of hydrogen-bond donors (Lipinski definition) is 1. The number of hydrogen-bond acceptors (Lipinski definition) is 6. The van der Waals surface area contributed by atoms with Crippen molar-refractivity contribution in [2.45, 2.75) is 6.92 Å². The van der Waals surface area contributed by atoms with E-state index in [4.69, 9.17) is 10.1 Å². The lowest BCUT2D eigenvalue weighted by molar-refractivity contribution is 0.386. The van der Waals surface area contributed by atoms with Crippen molar-refractivity contribution in [3.05, 3.63) is 60.0 Å². The van der Waals surface area contributed by atoms with Gasteiger partial charge in [0.05, 0.1) is 5.69 Å². The molecule has 2 atom stereocenters. The van der Waals surface area contributed by atoms with Crippen LogP contribution in [0.1, 0.15) is 5.56 Å². The van der Waals surface area contributed by atoms with Crippen LogP contribution in [0.15, 0.2) is 48.7 Å². The molecule has 34 heavy (non-hydrogen) atoms. The predicted octanol–water partition coefficient (Wildman–Crippen LogP) is 3.95. The van der Waals surface area contributed by atoms with Gasteiger partial charge in [-0.15, -0.1) is 5.10 Å². The minimum atomic E-state index is -0.266. The van der Waals surface area contributed by atoms with Gasteiger partial charge in [-0.1, -0.05) is 0 Å². The fourth-order valence-corrected chi connectivity index (χ4v) is 5.51. The summed E-state index contributed by atoms with van der Waals surface area (Å²) in [6.07, 6.45) is 1.78. The molecule has 6 rings (SSSR count). The number of benzene rings is 1. The van der Waals surface area contributed by atoms with Crippen LogP contribution in [0.25, 0.3) is 28.2 Å². The smallest absolute Gasteiger partial charge is 0.158 e. The van der Waals surface area contributed by atoms with Crippen molar-refractivity contribution >= 4 is 17.3 Å². The van der Waals surface area contributed by atoms with Crippen molar-refractivity contribution in [1.29, 1.82) is 0 Å². The monoisotopic (exact) mass is 457 g/mol. The highest BCUT2D eigenvalue weighted by atomic mass is 19.1. The molecular formula is C26H28FN7. The van der Waals surface area contributed by atoms with Gasteiger partial charge < -0.3 is 15.1 Å². The molecule has 8 heteroatoms. The molecule has 2 saturated heterocycles. The molecule has 0 saturated carbocycles. The summed E-state index contributed by atoms with van der Waals surface area (Å²) in [6.45, 7) is 6.44. The molecule has 0 spiro atoms. The van der Waals surface area contributed by atoms with E-state index in [1.165, 1.54) is 12.1 Å². The third-order valence-electron chi connectivity index (χ3n) is 7.16. The molecule has 174 valence electrons. The van der Waals surface area contributed by atoms with Gasteiger partial charge in [0.25, 0.3) is 0 Å². The number of halogens is 1. The van der Waals surface area contributed by atoms with Gasteiger partial charge in [-0.05, 0) is 73.8 Å². The number of anilines is 2. The van der Waals surface area contributed by atoms with Crippen molar-refractivity contribution in [2.24, 2.45) is 11.8 Å². The fraction of sp³-hybridized carbons (Fsp3) is 0.346. The van der Waals surface area contributed by atoms with Crippen LogP contribution in [-0.4, -0.2) is 64.8 Å². The molecular weight excluding hydrogens is 429 g/mol. The maximum atomic E-state index is 13.7. The first-order valence-electron chi connectivity index (χ1n) is 11.7. The number of aryl methyl sites for hydroxylation is 1. The molecule has 0 amide bonds. The van der Waals surface area contributed by atoms with E-state index in [1.54, 1.807) is 18.3 Å². The first-order chi connectivity index (χ1) is 16.5. The largest absolute Gasteiger partial charge is 0.373 e. The highest BCUT2D eigenvalue weighted by molar-refractivity contribution is 5.83. The molecule has 1 aromatic carbocycles. The first kappa shape index (κ1) is 21.0. The summed E-state index contributed by atoms with van der Waals surface area (Å²) in [6, 6.07) is 12.6. The second-order valence-electron chi connectivity index (χ2n) is 9.56. The molecule has 4 aromatic rings. The fourth-order valence-electron chi connectivity index (χ4n) is 5.51. The third-order valence-corrected chi connectivity index (χ3v) is 7.16. The van der Waals surface area contributed by atoms with Gasteiger partial charge in [0, 0.05) is 50.6 Å². The van der Waals surface area contributed by atoms with Crippen molar-refractivity contribution < 1.29 is 4.39 Å². The average Bonchev–Trinajstić information content (AvgIpc) is 3.50. The Morgan fingerprint density at radius 1 is 0.971 bits per heavy atom. The summed E-state index contributed by atoms with van der Waals surface area (Å²) in [7, 11) is 4.06. The molecule has 0 aliphatic carbocycles. The predicted molar refractivity (Wildman–Crippen MR) is 133 cm³/mol. The molecule has 1 N–H and O–H groups in total. The molecule has 2 aliphatic heterocycles. The molecule has 2 aliphatic rings. The Labute approximate surface area is 198 Å². The van der Waals surface area contributed by atoms with Gasteiger partial charge in [0.1, 0.15) is 23.1 Å². The van der Waals surface area contributed by atoms with Crippen molar-refractivity contribution in [3.8, 4) is 22.5 Å². The topological polar surface area (TPSA) is 61.6 Å². The van der Waals surface area contributed by atoms with Crippen LogP contribution < -0.4 is 10.2 Å². The van der Waals surface area contributed by atoms with Crippen LogP contribution >= 0.6 is 0 Å². The molecule has 5 heterocycles. The minimum Gasteiger partial charge on any atom is -0.373 e. The zero-order chi connectivity index (χ0) is 23.4. The van der Waals surface area contributed by atoms with Gasteiger partial charge in [-0.25, -0.2) is 18.9 Å². The van der Waals surface area contributed by atoms with Crippen LogP contribution in [0, 0.1) is 24.6 Å². The zero-order valence-corrected chi connectivity index (χ0v) is 19.7. The number of fused-ring (bicyclic) bond motifs is 2. The Bertz CT molecular complexity index is 1350. The van der Waals surface area contributed by atoms with Crippen molar-refractivity contribution in [1.82, 2.24) is 24.5 Å². The number of rotatable bonds is 4. The van der Waals surface area contributed by atoms with E-state index >= 15 is 0 Å². The molecule has 0 unspecified atom stereocenters. The first-order valence-corrected chi connectivity index (χ1v) is 11.7. The van der Waals surface area contributed by atoms with Crippen LogP contribution in [0.5, 0.6) is 0 Å². The molecule has 7 nitrogen and oxygen atoms in total. The van der Waals surface area contributed by atoms with E-state index < -0.39 is 0 Å². The summed E-state index contributed by atoms with van der Waals surface area (Å²) in [4.78, 5) is 14.2. The van der Waals surface area contributed by atoms with Gasteiger partial charge >= 0.3 is 0 Å². The van der Waals surface area contributed by atoms with Gasteiger partial charge in [0.15, 0.2) is 5.65 Å². The Kier molecular flexibility index (Phi) is 4.99. The Balaban J connectivity index is 1.52. The molecule has 0 radical (unpaired) electrons. The normalized spacial score (nSPS) is 20.3. The van der Waals surface area contributed by atoms with E-state index in [-0.39, 0.29) is 5.82 Å². The Morgan fingerprint density at radius 2 is 1.71 bits per heavy atom. The summed E-state index contributed by atoms with van der Waals surface area (Å²) >= 11 is 0. The van der Waals surface area contributed by atoms with Crippen LogP contribution in [0.4, 0.5) is 16.0 Å². The standard InChI is InChI=1S/C26H28FN7/c1-16-10-23(33-14-19-12-32(3)13-20(19)15-33)31-34-25(18-8-9-29-22(11-18)28-2)24(30-26(16)34)17-4-6-21(27)7-5-17/h4-11,19-20H,12-15H2,1-3H3,(H,28,29)/t19-,20+. The second kappa shape index (κ2) is 8.06. The van der Waals surface area contributed by atoms with Gasteiger partial charge in [0.2, 0.25) is 0 Å². The molecule has 2 fully saturated rings. The summed E-state index contributed by atoms with van der Waals surface area (Å²) < 4.78 is 15.6. The number of nitrogens with zero attached hydrogens (tertiary/aromatic N) is 6. The number of nitrogens with one attached hydrogen (secondary N) is 1. The lowest BCUT2D eigenvalue weighted by Crippen LogP contribution is -2.27. The van der Waals surface area contributed by atoms with E-state index in [2.05, 4.69) is 40.1 Å². The summed E-state index contributed by atoms with van der Waals surface area (Å²) in [5.74, 6) is 2.87. The quantitative estimate of drug-likeness (QED) is 0.501. The Hall–Kier alpha value is -3.52. The highest BCUT2D eigenvalue weighted by Gasteiger charge is 2.39. The number of aromatic nitrogens is 4. The van der Waals surface area contributed by atoms with E-state index in [0.717, 1.165) is 71.5 Å². The van der Waals surface area contributed by atoms with E-state index in [0.29, 0.717) is 11.8 Å². The Morgan fingerprint density at radius 3 is 2.41 bits per heavy atom. The van der Waals surface area contributed by atoms with Gasteiger partial charge in [-0.3, -0.25) is 0 Å². The average molecular weight is 458 g/mol. The van der Waals surface area contributed by atoms with E-state index in [9.17, 15) is 4.39 Å². The van der Waals surface area contributed by atoms with Crippen molar-refractivity contribution in [2.75, 3.05) is 50.5 Å². The van der Waals surface area contributed by atoms with E-state index in [1.807, 2.05) is 23.7 Å². The second-order valence-corrected chi connectivity index (χ2v) is 9.56. The van der Waals surface area contributed by atoms with Crippen LogP contribution in [0.3, 0.4) is 0 Å². The van der Waals surface area contributed by atoms with Gasteiger partial charge in [-0.2, -0.15) is 0 Å². The molecule has 3 aromatic heterocycles. The SMILES string of the molecule is CNc1cc(-c2c(-c3ccc(F)cc3)nc3c(C)cc(N4C[C@H]5CN(C)C[C@H]5C4)nn23)ccn1. The van der Waals surface area contributed by atoms with Crippen LogP contribution in [-0.2, 0) is 0 Å². The maximum Gasteiger partial charge on any atom is 0.158 e. The lowest BCUT2D eigenvalue weighted by atomic mass is 10.0. The van der Waals surface area contributed by atoms with Crippen LogP contribution in [0.2, 0.25) is 0 Å². The lowest BCUT2D eigenvalue weighted by Gasteiger charge is -2.21.